The second-order valence-electron chi connectivity index (χ2n) is 4.04. The number of halogens is 1. The third-order valence-electron chi connectivity index (χ3n) is 2.32. The smallest absolute Gasteiger partial charge is 0.183 e. The van der Waals surface area contributed by atoms with Crippen molar-refractivity contribution >= 4 is 52.5 Å². The summed E-state index contributed by atoms with van der Waals surface area (Å²) in [6.07, 6.45) is 1.85. The predicted octanol–water partition coefficient (Wildman–Crippen LogP) is 2.91. The Bertz CT molecular complexity index is 652. The van der Waals surface area contributed by atoms with Crippen molar-refractivity contribution in [2.75, 3.05) is 23.9 Å². The molecule has 0 aliphatic heterocycles. The summed E-state index contributed by atoms with van der Waals surface area (Å²) in [6.45, 7) is 0.619. The highest BCUT2D eigenvalue weighted by atomic mass is 79.9. The van der Waals surface area contributed by atoms with Crippen LogP contribution in [0.4, 0.5) is 5.13 Å². The first-order chi connectivity index (χ1) is 8.44. The quantitative estimate of drug-likeness (QED) is 0.844. The Morgan fingerprint density at radius 3 is 2.94 bits per heavy atom. The Balaban J connectivity index is 1.96. The fraction of sp³-hybridized carbons (Fsp3) is 0.364. The maximum absolute atomic E-state index is 11.0. The molecule has 0 saturated heterocycles. The lowest BCUT2D eigenvalue weighted by Gasteiger charge is -2.00. The van der Waals surface area contributed by atoms with Gasteiger partial charge >= 0.3 is 0 Å². The number of aromatic nitrogens is 1. The van der Waals surface area contributed by atoms with Crippen molar-refractivity contribution in [3.63, 3.8) is 0 Å². The zero-order valence-electron chi connectivity index (χ0n) is 9.81. The van der Waals surface area contributed by atoms with Gasteiger partial charge in [0.2, 0.25) is 0 Å². The zero-order chi connectivity index (χ0) is 13.2. The number of nitrogens with one attached hydrogen (secondary N) is 1. The lowest BCUT2D eigenvalue weighted by atomic mass is 10.3. The molecule has 0 bridgehead atoms. The van der Waals surface area contributed by atoms with Gasteiger partial charge in [-0.3, -0.25) is 0 Å². The maximum atomic E-state index is 11.0. The summed E-state index contributed by atoms with van der Waals surface area (Å²) in [4.78, 5) is 4.42. The van der Waals surface area contributed by atoms with Crippen molar-refractivity contribution < 1.29 is 8.42 Å². The van der Waals surface area contributed by atoms with Crippen molar-refractivity contribution in [1.82, 2.24) is 4.98 Å². The average Bonchev–Trinajstić information content (AvgIpc) is 2.65. The molecule has 0 atom stereocenters. The van der Waals surface area contributed by atoms with Gasteiger partial charge in [-0.05, 0) is 24.6 Å². The molecule has 18 heavy (non-hydrogen) atoms. The minimum absolute atomic E-state index is 0.205. The van der Waals surface area contributed by atoms with Crippen LogP contribution in [0.3, 0.4) is 0 Å². The molecule has 2 rings (SSSR count). The number of fused-ring (bicyclic) bond motifs is 1. The minimum atomic E-state index is -2.87. The summed E-state index contributed by atoms with van der Waals surface area (Å²) >= 11 is 4.99. The number of hydrogen-bond acceptors (Lipinski definition) is 5. The van der Waals surface area contributed by atoms with E-state index in [4.69, 9.17) is 0 Å². The number of sulfone groups is 1. The van der Waals surface area contributed by atoms with Crippen molar-refractivity contribution in [3.8, 4) is 0 Å². The molecule has 2 aromatic rings. The molecule has 0 unspecified atom stereocenters. The van der Waals surface area contributed by atoms with Crippen LogP contribution >= 0.6 is 27.3 Å². The maximum Gasteiger partial charge on any atom is 0.183 e. The first-order valence-corrected chi connectivity index (χ1v) is 9.09. The van der Waals surface area contributed by atoms with E-state index in [-0.39, 0.29) is 5.75 Å². The fourth-order valence-electron chi connectivity index (χ4n) is 1.50. The van der Waals surface area contributed by atoms with E-state index in [0.717, 1.165) is 19.8 Å². The number of benzene rings is 1. The molecule has 0 aliphatic rings. The van der Waals surface area contributed by atoms with Crippen LogP contribution in [0, 0.1) is 0 Å². The Kier molecular flexibility index (Phi) is 4.24. The molecule has 0 spiro atoms. The molecule has 0 saturated carbocycles. The van der Waals surface area contributed by atoms with E-state index in [0.29, 0.717) is 13.0 Å². The van der Waals surface area contributed by atoms with Gasteiger partial charge in [0.05, 0.1) is 16.0 Å². The summed E-state index contributed by atoms with van der Waals surface area (Å²) in [5.74, 6) is 0.205. The Labute approximate surface area is 118 Å². The summed E-state index contributed by atoms with van der Waals surface area (Å²) < 4.78 is 24.1. The summed E-state index contributed by atoms with van der Waals surface area (Å²) in [6, 6.07) is 5.93. The molecular formula is C11H13BrN2O2S2. The highest BCUT2D eigenvalue weighted by Gasteiger charge is 2.05. The molecule has 1 N–H and O–H groups in total. The van der Waals surface area contributed by atoms with E-state index in [1.54, 1.807) is 11.3 Å². The Morgan fingerprint density at radius 1 is 1.44 bits per heavy atom. The zero-order valence-corrected chi connectivity index (χ0v) is 13.0. The molecule has 0 amide bonds. The van der Waals surface area contributed by atoms with Gasteiger partial charge in [-0.15, -0.1) is 0 Å². The summed E-state index contributed by atoms with van der Waals surface area (Å²) in [5, 5.41) is 3.98. The van der Waals surface area contributed by atoms with E-state index < -0.39 is 9.84 Å². The first kappa shape index (κ1) is 13.8. The number of rotatable bonds is 5. The highest BCUT2D eigenvalue weighted by molar-refractivity contribution is 9.10. The average molecular weight is 349 g/mol. The van der Waals surface area contributed by atoms with E-state index in [1.165, 1.54) is 6.26 Å². The Morgan fingerprint density at radius 2 is 2.22 bits per heavy atom. The molecule has 1 aromatic heterocycles. The van der Waals surface area contributed by atoms with Gasteiger partial charge < -0.3 is 5.32 Å². The molecule has 98 valence electrons. The van der Waals surface area contributed by atoms with Crippen LogP contribution in [0.15, 0.2) is 22.7 Å². The van der Waals surface area contributed by atoms with Crippen LogP contribution in [0.1, 0.15) is 6.42 Å². The van der Waals surface area contributed by atoms with E-state index in [9.17, 15) is 8.42 Å². The van der Waals surface area contributed by atoms with E-state index >= 15 is 0 Å². The van der Waals surface area contributed by atoms with Gasteiger partial charge in [-0.1, -0.05) is 27.3 Å². The number of hydrogen-bond donors (Lipinski definition) is 1. The van der Waals surface area contributed by atoms with Crippen LogP contribution in [-0.2, 0) is 9.84 Å². The molecule has 0 radical (unpaired) electrons. The normalized spacial score (nSPS) is 11.9. The number of anilines is 1. The predicted molar refractivity (Wildman–Crippen MR) is 80.1 cm³/mol. The van der Waals surface area contributed by atoms with Crippen LogP contribution in [-0.4, -0.2) is 32.0 Å². The van der Waals surface area contributed by atoms with Gasteiger partial charge in [-0.2, -0.15) is 0 Å². The topological polar surface area (TPSA) is 59.1 Å². The van der Waals surface area contributed by atoms with Crippen molar-refractivity contribution in [2.24, 2.45) is 0 Å². The van der Waals surface area contributed by atoms with Gasteiger partial charge in [0.1, 0.15) is 9.84 Å². The Hall–Kier alpha value is -0.660. The standard InChI is InChI=1S/C11H13BrN2O2S2/c1-18(15,16)6-2-5-13-11-14-9-4-3-8(12)7-10(9)17-11/h3-4,7H,2,5-6H2,1H3,(H,13,14). The molecule has 4 nitrogen and oxygen atoms in total. The molecule has 0 aliphatic carbocycles. The highest BCUT2D eigenvalue weighted by Crippen LogP contribution is 2.28. The second-order valence-corrected chi connectivity index (χ2v) is 8.25. The van der Waals surface area contributed by atoms with Gasteiger partial charge in [0.25, 0.3) is 0 Å². The molecule has 1 heterocycles. The summed E-state index contributed by atoms with van der Waals surface area (Å²) in [5.41, 5.74) is 0.953. The van der Waals surface area contributed by atoms with Gasteiger partial charge in [-0.25, -0.2) is 13.4 Å². The monoisotopic (exact) mass is 348 g/mol. The molecule has 1 aromatic carbocycles. The van der Waals surface area contributed by atoms with Crippen molar-refractivity contribution in [1.29, 1.82) is 0 Å². The number of thiazole rings is 1. The van der Waals surface area contributed by atoms with Crippen molar-refractivity contribution in [3.05, 3.63) is 22.7 Å². The van der Waals surface area contributed by atoms with Crippen LogP contribution < -0.4 is 5.32 Å². The van der Waals surface area contributed by atoms with Crippen LogP contribution in [0.25, 0.3) is 10.2 Å². The minimum Gasteiger partial charge on any atom is -0.361 e. The van der Waals surface area contributed by atoms with Crippen molar-refractivity contribution in [2.45, 2.75) is 6.42 Å². The van der Waals surface area contributed by atoms with Gasteiger partial charge in [0.15, 0.2) is 5.13 Å². The largest absolute Gasteiger partial charge is 0.361 e. The first-order valence-electron chi connectivity index (χ1n) is 5.42. The van der Waals surface area contributed by atoms with Crippen LogP contribution in [0.2, 0.25) is 0 Å². The molecule has 7 heteroatoms. The lowest BCUT2D eigenvalue weighted by Crippen LogP contribution is -2.09. The second kappa shape index (κ2) is 5.54. The SMILES string of the molecule is CS(=O)(=O)CCCNc1nc2ccc(Br)cc2s1. The lowest BCUT2D eigenvalue weighted by molar-refractivity contribution is 0.600. The molecule has 0 fully saturated rings. The summed E-state index contributed by atoms with van der Waals surface area (Å²) in [7, 11) is -2.87. The third-order valence-corrected chi connectivity index (χ3v) is 4.82. The van der Waals surface area contributed by atoms with E-state index in [1.807, 2.05) is 18.2 Å². The molecular weight excluding hydrogens is 336 g/mol. The van der Waals surface area contributed by atoms with E-state index in [2.05, 4.69) is 26.2 Å². The van der Waals surface area contributed by atoms with Gasteiger partial charge in [0, 0.05) is 17.3 Å². The van der Waals surface area contributed by atoms with Crippen LogP contribution in [0.5, 0.6) is 0 Å². The number of nitrogens with zero attached hydrogens (tertiary/aromatic N) is 1. The third kappa shape index (κ3) is 3.93. The fourth-order valence-corrected chi connectivity index (χ4v) is 3.62.